The quantitative estimate of drug-likeness (QED) is 0.473. The molecular formula is C10H21NO4. The number of nitrogens with one attached hydrogen (secondary N) is 1. The van der Waals surface area contributed by atoms with Gasteiger partial charge in [0.15, 0.2) is 0 Å². The average Bonchev–Trinajstić information content (AvgIpc) is 2.25. The molecule has 0 unspecified atom stereocenters. The monoisotopic (exact) mass is 219 g/mol. The second kappa shape index (κ2) is 5.44. The van der Waals surface area contributed by atoms with E-state index in [0.29, 0.717) is 6.42 Å². The first-order chi connectivity index (χ1) is 6.87. The highest BCUT2D eigenvalue weighted by atomic mass is 16.3. The largest absolute Gasteiger partial charge is 0.394 e. The summed E-state index contributed by atoms with van der Waals surface area (Å²) in [7, 11) is 0. The number of aliphatic hydroxyl groups is 3. The van der Waals surface area contributed by atoms with Crippen molar-refractivity contribution in [3.63, 3.8) is 0 Å². The van der Waals surface area contributed by atoms with E-state index in [-0.39, 0.29) is 5.91 Å². The van der Waals surface area contributed by atoms with Gasteiger partial charge in [-0.15, -0.1) is 0 Å². The zero-order valence-electron chi connectivity index (χ0n) is 9.58. The maximum atomic E-state index is 11.7. The van der Waals surface area contributed by atoms with E-state index in [1.807, 2.05) is 6.92 Å². The molecule has 0 saturated carbocycles. The van der Waals surface area contributed by atoms with Crippen LogP contribution in [0.3, 0.4) is 0 Å². The highest BCUT2D eigenvalue weighted by Crippen LogP contribution is 2.20. The summed E-state index contributed by atoms with van der Waals surface area (Å²) in [6.45, 7) is 3.92. The smallest absolute Gasteiger partial charge is 0.226 e. The van der Waals surface area contributed by atoms with Crippen molar-refractivity contribution in [2.24, 2.45) is 5.41 Å². The third kappa shape index (κ3) is 3.44. The van der Waals surface area contributed by atoms with Gasteiger partial charge in [-0.1, -0.05) is 20.8 Å². The fourth-order valence-electron chi connectivity index (χ4n) is 0.839. The minimum atomic E-state index is -1.33. The van der Waals surface area contributed by atoms with Crippen LogP contribution in [0, 0.1) is 5.41 Å². The predicted molar refractivity (Wildman–Crippen MR) is 56.2 cm³/mol. The summed E-state index contributed by atoms with van der Waals surface area (Å²) in [5, 5.41) is 29.6. The maximum Gasteiger partial charge on any atom is 0.226 e. The molecule has 0 fully saturated rings. The van der Waals surface area contributed by atoms with Gasteiger partial charge in [-0.3, -0.25) is 4.79 Å². The Kier molecular flexibility index (Phi) is 5.20. The van der Waals surface area contributed by atoms with Crippen LogP contribution in [-0.2, 0) is 4.79 Å². The first-order valence-corrected chi connectivity index (χ1v) is 5.02. The van der Waals surface area contributed by atoms with Crippen LogP contribution in [0.2, 0.25) is 0 Å². The standard InChI is InChI=1S/C10H21NO4/c1-4-9(2,3)8(15)11-10(5-12,6-13)7-14/h12-14H,4-7H2,1-3H3,(H,11,15). The van der Waals surface area contributed by atoms with Gasteiger partial charge in [-0.05, 0) is 6.42 Å². The van der Waals surface area contributed by atoms with Gasteiger partial charge in [-0.2, -0.15) is 0 Å². The van der Waals surface area contributed by atoms with E-state index >= 15 is 0 Å². The van der Waals surface area contributed by atoms with Crippen molar-refractivity contribution in [1.82, 2.24) is 5.32 Å². The van der Waals surface area contributed by atoms with E-state index in [0.717, 1.165) is 0 Å². The van der Waals surface area contributed by atoms with Gasteiger partial charge in [0.1, 0.15) is 5.54 Å². The van der Waals surface area contributed by atoms with Gasteiger partial charge in [0.2, 0.25) is 5.91 Å². The highest BCUT2D eigenvalue weighted by Gasteiger charge is 2.35. The van der Waals surface area contributed by atoms with Gasteiger partial charge < -0.3 is 20.6 Å². The molecule has 4 N–H and O–H groups in total. The van der Waals surface area contributed by atoms with E-state index in [1.54, 1.807) is 13.8 Å². The van der Waals surface area contributed by atoms with Crippen LogP contribution in [0.5, 0.6) is 0 Å². The minimum Gasteiger partial charge on any atom is -0.394 e. The van der Waals surface area contributed by atoms with Crippen molar-refractivity contribution >= 4 is 5.91 Å². The summed E-state index contributed by atoms with van der Waals surface area (Å²) in [5.41, 5.74) is -1.91. The lowest BCUT2D eigenvalue weighted by molar-refractivity contribution is -0.134. The topological polar surface area (TPSA) is 89.8 Å². The Hall–Kier alpha value is -0.650. The molecule has 90 valence electrons. The highest BCUT2D eigenvalue weighted by molar-refractivity contribution is 5.82. The Labute approximate surface area is 90.1 Å². The summed E-state index contributed by atoms with van der Waals surface area (Å²) >= 11 is 0. The Morgan fingerprint density at radius 1 is 1.13 bits per heavy atom. The van der Waals surface area contributed by atoms with Crippen molar-refractivity contribution < 1.29 is 20.1 Å². The summed E-state index contributed by atoms with van der Waals surface area (Å²) in [6, 6.07) is 0. The fraction of sp³-hybridized carbons (Fsp3) is 0.900. The third-order valence-corrected chi connectivity index (χ3v) is 2.79. The van der Waals surface area contributed by atoms with Crippen LogP contribution in [0.25, 0.3) is 0 Å². The number of carbonyl (C=O) groups is 1. The molecule has 0 aromatic carbocycles. The van der Waals surface area contributed by atoms with Crippen LogP contribution >= 0.6 is 0 Å². The molecule has 5 nitrogen and oxygen atoms in total. The SMILES string of the molecule is CCC(C)(C)C(=O)NC(CO)(CO)CO. The molecule has 0 spiro atoms. The van der Waals surface area contributed by atoms with E-state index in [1.165, 1.54) is 0 Å². The van der Waals surface area contributed by atoms with E-state index < -0.39 is 30.8 Å². The number of hydrogen-bond donors (Lipinski definition) is 4. The molecule has 15 heavy (non-hydrogen) atoms. The van der Waals surface area contributed by atoms with Gasteiger partial charge in [-0.25, -0.2) is 0 Å². The van der Waals surface area contributed by atoms with Crippen molar-refractivity contribution in [2.45, 2.75) is 32.7 Å². The summed E-state index contributed by atoms with van der Waals surface area (Å²) in [4.78, 5) is 11.7. The molecule has 0 aliphatic carbocycles. The lowest BCUT2D eigenvalue weighted by Gasteiger charge is -2.33. The molecule has 1 amide bonds. The molecular weight excluding hydrogens is 198 g/mol. The molecule has 5 heteroatoms. The molecule has 0 aromatic heterocycles. The van der Waals surface area contributed by atoms with Crippen molar-refractivity contribution in [3.8, 4) is 0 Å². The Bertz CT molecular complexity index is 203. The van der Waals surface area contributed by atoms with Crippen molar-refractivity contribution in [1.29, 1.82) is 0 Å². The van der Waals surface area contributed by atoms with Crippen LogP contribution in [-0.4, -0.2) is 46.6 Å². The van der Waals surface area contributed by atoms with Crippen molar-refractivity contribution in [2.75, 3.05) is 19.8 Å². The van der Waals surface area contributed by atoms with Crippen LogP contribution in [0.1, 0.15) is 27.2 Å². The number of rotatable bonds is 6. The Balaban J connectivity index is 4.62. The molecule has 0 aromatic rings. The predicted octanol–water partition coefficient (Wildman–Crippen LogP) is -0.746. The lowest BCUT2D eigenvalue weighted by atomic mass is 9.87. The Morgan fingerprint density at radius 3 is 1.80 bits per heavy atom. The van der Waals surface area contributed by atoms with Crippen LogP contribution < -0.4 is 5.32 Å². The number of hydrogen-bond acceptors (Lipinski definition) is 4. The second-order valence-corrected chi connectivity index (χ2v) is 4.45. The summed E-state index contributed by atoms with van der Waals surface area (Å²) < 4.78 is 0. The number of carbonyl (C=O) groups excluding carboxylic acids is 1. The first-order valence-electron chi connectivity index (χ1n) is 5.02. The molecule has 0 rings (SSSR count). The summed E-state index contributed by atoms with van der Waals surface area (Å²) in [5.74, 6) is -0.290. The van der Waals surface area contributed by atoms with Crippen molar-refractivity contribution in [3.05, 3.63) is 0 Å². The molecule has 0 aliphatic heterocycles. The molecule has 0 atom stereocenters. The fourth-order valence-corrected chi connectivity index (χ4v) is 0.839. The zero-order chi connectivity index (χ0) is 12.1. The average molecular weight is 219 g/mol. The van der Waals surface area contributed by atoms with Gasteiger partial charge >= 0.3 is 0 Å². The van der Waals surface area contributed by atoms with E-state index in [9.17, 15) is 4.79 Å². The minimum absolute atomic E-state index is 0.290. The normalized spacial score (nSPS) is 12.7. The lowest BCUT2D eigenvalue weighted by Crippen LogP contribution is -2.59. The van der Waals surface area contributed by atoms with Gasteiger partial charge in [0.25, 0.3) is 0 Å². The van der Waals surface area contributed by atoms with E-state index in [2.05, 4.69) is 5.32 Å². The van der Waals surface area contributed by atoms with Crippen LogP contribution in [0.15, 0.2) is 0 Å². The summed E-state index contributed by atoms with van der Waals surface area (Å²) in [6.07, 6.45) is 0.636. The van der Waals surface area contributed by atoms with E-state index in [4.69, 9.17) is 15.3 Å². The van der Waals surface area contributed by atoms with Gasteiger partial charge in [0.05, 0.1) is 19.8 Å². The number of amides is 1. The number of aliphatic hydroxyl groups excluding tert-OH is 3. The molecule has 0 aliphatic rings. The molecule has 0 bridgehead atoms. The molecule has 0 saturated heterocycles. The zero-order valence-corrected chi connectivity index (χ0v) is 9.58. The molecule has 0 radical (unpaired) electrons. The first kappa shape index (κ1) is 14.3. The maximum absolute atomic E-state index is 11.7. The molecule has 0 heterocycles. The second-order valence-electron chi connectivity index (χ2n) is 4.45. The third-order valence-electron chi connectivity index (χ3n) is 2.79. The Morgan fingerprint density at radius 2 is 1.53 bits per heavy atom. The van der Waals surface area contributed by atoms with Crippen LogP contribution in [0.4, 0.5) is 0 Å². The van der Waals surface area contributed by atoms with Gasteiger partial charge in [0, 0.05) is 5.41 Å².